The number of amides is 2. The zero-order valence-corrected chi connectivity index (χ0v) is 21.1. The van der Waals surface area contributed by atoms with Gasteiger partial charge in [-0.1, -0.05) is 52.4 Å². The average Bonchev–Trinajstić information content (AvgIpc) is 2.89. The molecular weight excluding hydrogens is 424 g/mol. The van der Waals surface area contributed by atoms with Crippen molar-refractivity contribution in [3.05, 3.63) is 35.4 Å². The van der Waals surface area contributed by atoms with Crippen molar-refractivity contribution in [1.29, 1.82) is 5.26 Å². The van der Waals surface area contributed by atoms with Crippen molar-refractivity contribution in [2.75, 3.05) is 26.2 Å². The summed E-state index contributed by atoms with van der Waals surface area (Å²) in [6.45, 7) is 7.23. The molecule has 2 fully saturated rings. The highest BCUT2D eigenvalue weighted by atomic mass is 16.2. The maximum atomic E-state index is 14.2. The minimum Gasteiger partial charge on any atom is -0.368 e. The lowest BCUT2D eigenvalue weighted by atomic mass is 9.62. The smallest absolute Gasteiger partial charge is 0.254 e. The Morgan fingerprint density at radius 2 is 1.41 bits per heavy atom. The molecule has 3 rings (SSSR count). The largest absolute Gasteiger partial charge is 0.368 e. The van der Waals surface area contributed by atoms with E-state index in [1.807, 2.05) is 4.90 Å². The van der Waals surface area contributed by atoms with Gasteiger partial charge in [-0.25, -0.2) is 0 Å². The summed E-state index contributed by atoms with van der Waals surface area (Å²) < 4.78 is 0. The van der Waals surface area contributed by atoms with Gasteiger partial charge in [0.1, 0.15) is 5.54 Å². The molecule has 0 aliphatic heterocycles. The SMILES string of the molecule is CCN(CC)CCN(C(=O)c1ccc(C#N)cc1)C(C(N)=O)(C1CCCCC1)C1CCCCC1. The summed E-state index contributed by atoms with van der Waals surface area (Å²) in [7, 11) is 0. The lowest BCUT2D eigenvalue weighted by Crippen LogP contribution is -2.69. The van der Waals surface area contributed by atoms with Crippen LogP contribution < -0.4 is 5.73 Å². The second kappa shape index (κ2) is 12.4. The fourth-order valence-corrected chi connectivity index (χ4v) is 6.47. The van der Waals surface area contributed by atoms with E-state index < -0.39 is 5.54 Å². The van der Waals surface area contributed by atoms with E-state index in [-0.39, 0.29) is 23.7 Å². The molecule has 1 aromatic carbocycles. The lowest BCUT2D eigenvalue weighted by molar-refractivity contribution is -0.140. The number of rotatable bonds is 10. The molecule has 6 nitrogen and oxygen atoms in total. The lowest BCUT2D eigenvalue weighted by Gasteiger charge is -2.53. The standard InChI is InChI=1S/C28H42N4O2/c1-3-31(4-2)19-20-32(26(33)23-17-15-22(21-29)16-18-23)28(27(30)34,24-11-7-5-8-12-24)25-13-9-6-10-14-25/h15-18,24-25H,3-14,19-20H2,1-2H3,(H2,30,34). The zero-order chi connectivity index (χ0) is 24.6. The Kier molecular flexibility index (Phi) is 9.53. The number of primary amides is 1. The molecule has 2 N–H and O–H groups in total. The first kappa shape index (κ1) is 26.2. The summed E-state index contributed by atoms with van der Waals surface area (Å²) in [6, 6.07) is 8.93. The van der Waals surface area contributed by atoms with Gasteiger partial charge in [0.25, 0.3) is 5.91 Å². The van der Waals surface area contributed by atoms with Crippen molar-refractivity contribution < 1.29 is 9.59 Å². The molecule has 0 spiro atoms. The van der Waals surface area contributed by atoms with Crippen LogP contribution in [-0.2, 0) is 4.79 Å². The Balaban J connectivity index is 2.10. The molecule has 0 saturated heterocycles. The number of nitrogens with two attached hydrogens (primary N) is 1. The Hall–Kier alpha value is -2.39. The minimum atomic E-state index is -0.959. The van der Waals surface area contributed by atoms with E-state index in [1.54, 1.807) is 24.3 Å². The van der Waals surface area contributed by atoms with Gasteiger partial charge in [-0.05, 0) is 74.9 Å². The highest BCUT2D eigenvalue weighted by molar-refractivity contribution is 5.99. The van der Waals surface area contributed by atoms with E-state index in [2.05, 4.69) is 24.8 Å². The van der Waals surface area contributed by atoms with Crippen molar-refractivity contribution in [2.45, 2.75) is 83.6 Å². The Bertz CT molecular complexity index is 826. The van der Waals surface area contributed by atoms with Crippen molar-refractivity contribution in [2.24, 2.45) is 17.6 Å². The van der Waals surface area contributed by atoms with Crippen LogP contribution in [0.25, 0.3) is 0 Å². The topological polar surface area (TPSA) is 90.4 Å². The van der Waals surface area contributed by atoms with Crippen molar-refractivity contribution >= 4 is 11.8 Å². The van der Waals surface area contributed by atoms with Crippen LogP contribution >= 0.6 is 0 Å². The zero-order valence-electron chi connectivity index (χ0n) is 21.1. The second-order valence-electron chi connectivity index (χ2n) is 10.0. The summed E-state index contributed by atoms with van der Waals surface area (Å²) in [4.78, 5) is 32.0. The number of likely N-dealkylation sites (N-methyl/N-ethyl adjacent to an activating group) is 1. The molecule has 34 heavy (non-hydrogen) atoms. The number of nitriles is 1. The predicted octanol–water partition coefficient (Wildman–Crippen LogP) is 4.73. The third kappa shape index (κ3) is 5.46. The first-order valence-corrected chi connectivity index (χ1v) is 13.3. The van der Waals surface area contributed by atoms with E-state index in [0.717, 1.165) is 64.5 Å². The first-order chi connectivity index (χ1) is 16.5. The number of hydrogen-bond donors (Lipinski definition) is 1. The Labute approximate surface area is 205 Å². The van der Waals surface area contributed by atoms with Crippen molar-refractivity contribution in [3.63, 3.8) is 0 Å². The number of benzene rings is 1. The maximum absolute atomic E-state index is 14.2. The van der Waals surface area contributed by atoms with Gasteiger partial charge in [-0.2, -0.15) is 5.26 Å². The van der Waals surface area contributed by atoms with Crippen LogP contribution in [0.3, 0.4) is 0 Å². The molecule has 2 aliphatic carbocycles. The number of nitrogens with zero attached hydrogens (tertiary/aromatic N) is 3. The maximum Gasteiger partial charge on any atom is 0.254 e. The molecule has 0 heterocycles. The molecule has 0 bridgehead atoms. The summed E-state index contributed by atoms with van der Waals surface area (Å²) >= 11 is 0. The molecular formula is C28H42N4O2. The molecule has 2 saturated carbocycles. The predicted molar refractivity (Wildman–Crippen MR) is 135 cm³/mol. The van der Waals surface area contributed by atoms with Gasteiger partial charge in [-0.15, -0.1) is 0 Å². The van der Waals surface area contributed by atoms with Crippen molar-refractivity contribution in [1.82, 2.24) is 9.80 Å². The fourth-order valence-electron chi connectivity index (χ4n) is 6.47. The molecule has 0 unspecified atom stereocenters. The van der Waals surface area contributed by atoms with Gasteiger partial charge in [0.05, 0.1) is 11.6 Å². The van der Waals surface area contributed by atoms with E-state index in [9.17, 15) is 14.9 Å². The normalized spacial score (nSPS) is 17.9. The molecule has 6 heteroatoms. The number of carbonyl (C=O) groups excluding carboxylic acids is 2. The van der Waals surface area contributed by atoms with Crippen molar-refractivity contribution in [3.8, 4) is 6.07 Å². The molecule has 0 radical (unpaired) electrons. The molecule has 186 valence electrons. The van der Waals surface area contributed by atoms with Crippen LogP contribution in [0.15, 0.2) is 24.3 Å². The van der Waals surface area contributed by atoms with Gasteiger partial charge in [0.2, 0.25) is 5.91 Å². The van der Waals surface area contributed by atoms with E-state index in [1.165, 1.54) is 12.8 Å². The average molecular weight is 467 g/mol. The van der Waals surface area contributed by atoms with Crippen LogP contribution in [-0.4, -0.2) is 53.3 Å². The number of carbonyl (C=O) groups is 2. The molecule has 2 aliphatic rings. The molecule has 0 aromatic heterocycles. The van der Waals surface area contributed by atoms with Gasteiger partial charge in [0, 0.05) is 18.7 Å². The summed E-state index contributed by atoms with van der Waals surface area (Å²) in [5, 5.41) is 9.21. The van der Waals surface area contributed by atoms with Gasteiger partial charge in [-0.3, -0.25) is 9.59 Å². The Morgan fingerprint density at radius 1 is 0.912 bits per heavy atom. The molecule has 0 atom stereocenters. The van der Waals surface area contributed by atoms with E-state index in [4.69, 9.17) is 5.73 Å². The third-order valence-corrected chi connectivity index (χ3v) is 8.34. The van der Waals surface area contributed by atoms with Gasteiger partial charge >= 0.3 is 0 Å². The minimum absolute atomic E-state index is 0.0980. The van der Waals surface area contributed by atoms with Crippen LogP contribution in [0.1, 0.15) is 94.0 Å². The van der Waals surface area contributed by atoms with Gasteiger partial charge < -0.3 is 15.5 Å². The van der Waals surface area contributed by atoms with E-state index >= 15 is 0 Å². The quantitative estimate of drug-likeness (QED) is 0.540. The Morgan fingerprint density at radius 3 is 1.82 bits per heavy atom. The summed E-state index contributed by atoms with van der Waals surface area (Å²) in [5.74, 6) is -0.263. The highest BCUT2D eigenvalue weighted by Crippen LogP contribution is 2.47. The highest BCUT2D eigenvalue weighted by Gasteiger charge is 2.55. The second-order valence-corrected chi connectivity index (χ2v) is 10.0. The fraction of sp³-hybridized carbons (Fsp3) is 0.679. The monoisotopic (exact) mass is 466 g/mol. The van der Waals surface area contributed by atoms with Crippen LogP contribution in [0.2, 0.25) is 0 Å². The molecule has 1 aromatic rings. The summed E-state index contributed by atoms with van der Waals surface area (Å²) in [5.41, 5.74) is 6.46. The summed E-state index contributed by atoms with van der Waals surface area (Å²) in [6.07, 6.45) is 10.5. The van der Waals surface area contributed by atoms with Crippen LogP contribution in [0, 0.1) is 23.2 Å². The number of hydrogen-bond acceptors (Lipinski definition) is 4. The van der Waals surface area contributed by atoms with E-state index in [0.29, 0.717) is 24.2 Å². The van der Waals surface area contributed by atoms with Crippen LogP contribution in [0.5, 0.6) is 0 Å². The molecule has 2 amide bonds. The third-order valence-electron chi connectivity index (χ3n) is 8.34. The van der Waals surface area contributed by atoms with Gasteiger partial charge in [0.15, 0.2) is 0 Å². The first-order valence-electron chi connectivity index (χ1n) is 13.3. The van der Waals surface area contributed by atoms with Crippen LogP contribution in [0.4, 0.5) is 0 Å².